The number of nitrogens with zero attached hydrogens (tertiary/aromatic N) is 4. The Morgan fingerprint density at radius 3 is 2.64 bits per heavy atom. The lowest BCUT2D eigenvalue weighted by molar-refractivity contribution is 0.143. The predicted octanol–water partition coefficient (Wildman–Crippen LogP) is 1.06. The number of nitrogens with one attached hydrogen (secondary N) is 2. The monoisotopic (exact) mass is 306 g/mol. The van der Waals surface area contributed by atoms with Crippen molar-refractivity contribution in [2.24, 2.45) is 23.9 Å². The fourth-order valence-corrected chi connectivity index (χ4v) is 3.28. The molecule has 2 heterocycles. The lowest BCUT2D eigenvalue weighted by atomic mass is 9.92. The molecule has 1 aromatic heterocycles. The van der Waals surface area contributed by atoms with Crippen molar-refractivity contribution in [2.45, 2.75) is 26.8 Å². The van der Waals surface area contributed by atoms with Crippen molar-refractivity contribution >= 4 is 5.96 Å². The van der Waals surface area contributed by atoms with Gasteiger partial charge in [0.2, 0.25) is 0 Å². The van der Waals surface area contributed by atoms with Gasteiger partial charge in [-0.3, -0.25) is 9.67 Å². The largest absolute Gasteiger partial charge is 0.355 e. The van der Waals surface area contributed by atoms with E-state index in [1.54, 1.807) is 0 Å². The minimum atomic E-state index is 0.730. The Morgan fingerprint density at radius 2 is 2.05 bits per heavy atom. The van der Waals surface area contributed by atoms with Gasteiger partial charge in [0.1, 0.15) is 0 Å². The summed E-state index contributed by atoms with van der Waals surface area (Å²) in [4.78, 5) is 6.83. The second kappa shape index (κ2) is 8.17. The third-order valence-corrected chi connectivity index (χ3v) is 4.25. The molecular weight excluding hydrogens is 276 g/mol. The Kier molecular flexibility index (Phi) is 6.24. The summed E-state index contributed by atoms with van der Waals surface area (Å²) in [5.41, 5.74) is 1.14. The van der Waals surface area contributed by atoms with Crippen LogP contribution in [0.3, 0.4) is 0 Å². The summed E-state index contributed by atoms with van der Waals surface area (Å²) in [7, 11) is 3.76. The van der Waals surface area contributed by atoms with Gasteiger partial charge in [0.15, 0.2) is 5.96 Å². The number of hydrogen-bond donors (Lipinski definition) is 2. The normalized spacial score (nSPS) is 23.5. The summed E-state index contributed by atoms with van der Waals surface area (Å²) >= 11 is 0. The average molecular weight is 306 g/mol. The van der Waals surface area contributed by atoms with Crippen molar-refractivity contribution in [2.75, 3.05) is 33.2 Å². The summed E-state index contributed by atoms with van der Waals surface area (Å²) < 4.78 is 1.87. The second-order valence-electron chi connectivity index (χ2n) is 6.50. The van der Waals surface area contributed by atoms with Gasteiger partial charge in [-0.1, -0.05) is 13.8 Å². The topological polar surface area (TPSA) is 57.5 Å². The van der Waals surface area contributed by atoms with E-state index in [1.165, 1.54) is 19.5 Å². The number of guanidine groups is 1. The Balaban J connectivity index is 1.69. The molecule has 0 saturated carbocycles. The van der Waals surface area contributed by atoms with Crippen LogP contribution in [-0.2, 0) is 13.6 Å². The molecule has 0 bridgehead atoms. The molecule has 0 amide bonds. The van der Waals surface area contributed by atoms with Crippen LogP contribution in [0.25, 0.3) is 0 Å². The number of aliphatic imine (C=N–C) groups is 1. The lowest BCUT2D eigenvalue weighted by Crippen LogP contribution is -2.45. The van der Waals surface area contributed by atoms with E-state index in [9.17, 15) is 0 Å². The molecule has 1 aliphatic heterocycles. The number of likely N-dealkylation sites (tertiary alicyclic amines) is 1. The first-order valence-electron chi connectivity index (χ1n) is 8.22. The SMILES string of the molecule is CN=C(NCCN1CC(C)CC(C)C1)NCc1ccnn1C. The number of piperidine rings is 1. The standard InChI is InChI=1S/C16H30N6/c1-13-9-14(2)12-22(11-13)8-7-18-16(17-3)19-10-15-5-6-20-21(15)4/h5-6,13-14H,7-12H2,1-4H3,(H2,17,18,19). The molecule has 1 aliphatic rings. The summed E-state index contributed by atoms with van der Waals surface area (Å²) in [6, 6.07) is 2.01. The Bertz CT molecular complexity index is 471. The molecule has 0 spiro atoms. The van der Waals surface area contributed by atoms with Gasteiger partial charge in [-0.25, -0.2) is 0 Å². The Morgan fingerprint density at radius 1 is 1.32 bits per heavy atom. The highest BCUT2D eigenvalue weighted by Gasteiger charge is 2.21. The smallest absolute Gasteiger partial charge is 0.191 e. The minimum absolute atomic E-state index is 0.730. The maximum Gasteiger partial charge on any atom is 0.191 e. The van der Waals surface area contributed by atoms with Crippen molar-refractivity contribution in [3.8, 4) is 0 Å². The first kappa shape index (κ1) is 16.8. The Labute approximate surface area is 134 Å². The van der Waals surface area contributed by atoms with Gasteiger partial charge in [-0.15, -0.1) is 0 Å². The molecule has 6 heteroatoms. The van der Waals surface area contributed by atoms with Gasteiger partial charge in [-0.2, -0.15) is 5.10 Å². The van der Waals surface area contributed by atoms with Crippen LogP contribution in [0.4, 0.5) is 0 Å². The minimum Gasteiger partial charge on any atom is -0.355 e. The molecule has 124 valence electrons. The van der Waals surface area contributed by atoms with Crippen LogP contribution in [-0.4, -0.2) is 53.9 Å². The summed E-state index contributed by atoms with van der Waals surface area (Å²) in [5, 5.41) is 10.9. The third-order valence-electron chi connectivity index (χ3n) is 4.25. The van der Waals surface area contributed by atoms with E-state index in [0.29, 0.717) is 0 Å². The zero-order chi connectivity index (χ0) is 15.9. The highest BCUT2D eigenvalue weighted by Crippen LogP contribution is 2.20. The van der Waals surface area contributed by atoms with E-state index in [1.807, 2.05) is 31.0 Å². The molecule has 1 saturated heterocycles. The zero-order valence-electron chi connectivity index (χ0n) is 14.3. The van der Waals surface area contributed by atoms with E-state index in [4.69, 9.17) is 0 Å². The molecule has 6 nitrogen and oxygen atoms in total. The highest BCUT2D eigenvalue weighted by atomic mass is 15.3. The molecule has 2 unspecified atom stereocenters. The molecule has 1 fully saturated rings. The third kappa shape index (κ3) is 5.02. The first-order chi connectivity index (χ1) is 10.6. The van der Waals surface area contributed by atoms with Crippen LogP contribution >= 0.6 is 0 Å². The molecule has 0 aliphatic carbocycles. The van der Waals surface area contributed by atoms with Crippen LogP contribution in [0.2, 0.25) is 0 Å². The quantitative estimate of drug-likeness (QED) is 0.631. The van der Waals surface area contributed by atoms with Crippen LogP contribution in [0, 0.1) is 11.8 Å². The van der Waals surface area contributed by atoms with E-state index >= 15 is 0 Å². The van der Waals surface area contributed by atoms with Gasteiger partial charge in [-0.05, 0) is 24.3 Å². The van der Waals surface area contributed by atoms with Crippen molar-refractivity contribution in [3.05, 3.63) is 18.0 Å². The van der Waals surface area contributed by atoms with E-state index in [2.05, 4.69) is 39.5 Å². The molecule has 22 heavy (non-hydrogen) atoms. The molecule has 1 aromatic rings. The lowest BCUT2D eigenvalue weighted by Gasteiger charge is -2.35. The van der Waals surface area contributed by atoms with Gasteiger partial charge in [0.25, 0.3) is 0 Å². The fourth-order valence-electron chi connectivity index (χ4n) is 3.28. The molecule has 2 rings (SSSR count). The van der Waals surface area contributed by atoms with Gasteiger partial charge < -0.3 is 15.5 Å². The number of hydrogen-bond acceptors (Lipinski definition) is 3. The van der Waals surface area contributed by atoms with E-state index in [0.717, 1.165) is 43.1 Å². The fraction of sp³-hybridized carbons (Fsp3) is 0.750. The van der Waals surface area contributed by atoms with Gasteiger partial charge >= 0.3 is 0 Å². The average Bonchev–Trinajstić information content (AvgIpc) is 2.87. The summed E-state index contributed by atoms with van der Waals surface area (Å²) in [6.07, 6.45) is 3.17. The molecular formula is C16H30N6. The van der Waals surface area contributed by atoms with E-state index < -0.39 is 0 Å². The number of rotatable bonds is 5. The maximum atomic E-state index is 4.28. The van der Waals surface area contributed by atoms with E-state index in [-0.39, 0.29) is 0 Å². The van der Waals surface area contributed by atoms with Crippen LogP contribution < -0.4 is 10.6 Å². The van der Waals surface area contributed by atoms with Gasteiger partial charge in [0, 0.05) is 46.5 Å². The number of aryl methyl sites for hydroxylation is 1. The molecule has 2 N–H and O–H groups in total. The second-order valence-corrected chi connectivity index (χ2v) is 6.50. The first-order valence-corrected chi connectivity index (χ1v) is 8.22. The molecule has 2 atom stereocenters. The van der Waals surface area contributed by atoms with Crippen molar-refractivity contribution < 1.29 is 0 Å². The Hall–Kier alpha value is -1.56. The van der Waals surface area contributed by atoms with Crippen LogP contribution in [0.15, 0.2) is 17.3 Å². The molecule has 0 aromatic carbocycles. The van der Waals surface area contributed by atoms with Crippen LogP contribution in [0.5, 0.6) is 0 Å². The summed E-state index contributed by atoms with van der Waals surface area (Å²) in [6.45, 7) is 9.86. The highest BCUT2D eigenvalue weighted by molar-refractivity contribution is 5.79. The predicted molar refractivity (Wildman–Crippen MR) is 90.8 cm³/mol. The van der Waals surface area contributed by atoms with Gasteiger partial charge in [0.05, 0.1) is 12.2 Å². The van der Waals surface area contributed by atoms with Crippen LogP contribution in [0.1, 0.15) is 26.0 Å². The summed E-state index contributed by atoms with van der Waals surface area (Å²) in [5.74, 6) is 2.47. The number of aromatic nitrogens is 2. The van der Waals surface area contributed by atoms with Crippen molar-refractivity contribution in [1.29, 1.82) is 0 Å². The zero-order valence-corrected chi connectivity index (χ0v) is 14.3. The molecule has 0 radical (unpaired) electrons. The van der Waals surface area contributed by atoms with Crippen molar-refractivity contribution in [1.82, 2.24) is 25.3 Å². The maximum absolute atomic E-state index is 4.28. The van der Waals surface area contributed by atoms with Crippen molar-refractivity contribution in [3.63, 3.8) is 0 Å².